The van der Waals surface area contributed by atoms with Crippen molar-refractivity contribution in [3.8, 4) is 6.07 Å². The zero-order chi connectivity index (χ0) is 9.97. The summed E-state index contributed by atoms with van der Waals surface area (Å²) in [5, 5.41) is 18.5. The van der Waals surface area contributed by atoms with Gasteiger partial charge in [0.25, 0.3) is 0 Å². The molecule has 4 nitrogen and oxygen atoms in total. The molecule has 0 saturated heterocycles. The number of nitrogens with zero attached hydrogens (tertiary/aromatic N) is 3. The SMILES string of the molecule is N#Cc1cccc(C2=NC(O)CS2)n1. The zero-order valence-corrected chi connectivity index (χ0v) is 8.03. The summed E-state index contributed by atoms with van der Waals surface area (Å²) in [6.07, 6.45) is -0.637. The summed E-state index contributed by atoms with van der Waals surface area (Å²) in [5.41, 5.74) is 1.03. The predicted octanol–water partition coefficient (Wildman–Crippen LogP) is 0.765. The number of aliphatic hydroxyl groups excluding tert-OH is 1. The highest BCUT2D eigenvalue weighted by molar-refractivity contribution is 8.14. The minimum Gasteiger partial charge on any atom is -0.371 e. The largest absolute Gasteiger partial charge is 0.371 e. The molecule has 0 spiro atoms. The van der Waals surface area contributed by atoms with E-state index in [0.717, 1.165) is 0 Å². The highest BCUT2D eigenvalue weighted by atomic mass is 32.2. The molecule has 5 heteroatoms. The second-order valence-electron chi connectivity index (χ2n) is 2.75. The lowest BCUT2D eigenvalue weighted by Crippen LogP contribution is -1.99. The van der Waals surface area contributed by atoms with E-state index in [9.17, 15) is 5.11 Å². The van der Waals surface area contributed by atoms with Gasteiger partial charge in [-0.1, -0.05) is 17.8 Å². The van der Waals surface area contributed by atoms with Crippen molar-refractivity contribution in [3.05, 3.63) is 29.6 Å². The van der Waals surface area contributed by atoms with Crippen LogP contribution >= 0.6 is 11.8 Å². The highest BCUT2D eigenvalue weighted by Gasteiger charge is 2.17. The molecule has 1 aromatic rings. The summed E-state index contributed by atoms with van der Waals surface area (Å²) < 4.78 is 0. The van der Waals surface area contributed by atoms with Gasteiger partial charge in [-0.15, -0.1) is 0 Å². The van der Waals surface area contributed by atoms with Gasteiger partial charge in [0, 0.05) is 5.75 Å². The molecular weight excluding hydrogens is 198 g/mol. The Morgan fingerprint density at radius 2 is 2.43 bits per heavy atom. The Morgan fingerprint density at radius 3 is 3.07 bits per heavy atom. The van der Waals surface area contributed by atoms with Gasteiger partial charge in [0.15, 0.2) is 6.23 Å². The summed E-state index contributed by atoms with van der Waals surface area (Å²) in [6, 6.07) is 7.14. The number of hydrogen-bond acceptors (Lipinski definition) is 5. The van der Waals surface area contributed by atoms with Crippen molar-refractivity contribution in [1.82, 2.24) is 4.98 Å². The standard InChI is InChI=1S/C9H7N3OS/c10-4-6-2-1-3-7(11-6)9-12-8(13)5-14-9/h1-3,8,13H,5H2. The third-order valence-corrected chi connectivity index (χ3v) is 2.77. The fourth-order valence-electron chi connectivity index (χ4n) is 1.12. The Morgan fingerprint density at radius 1 is 1.57 bits per heavy atom. The quantitative estimate of drug-likeness (QED) is 0.735. The van der Waals surface area contributed by atoms with Crippen LogP contribution in [0.4, 0.5) is 0 Å². The van der Waals surface area contributed by atoms with Gasteiger partial charge in [-0.05, 0) is 12.1 Å². The molecule has 0 amide bonds. The number of thioether (sulfide) groups is 1. The van der Waals surface area contributed by atoms with Gasteiger partial charge < -0.3 is 5.11 Å². The molecule has 0 radical (unpaired) electrons. The number of rotatable bonds is 1. The van der Waals surface area contributed by atoms with Gasteiger partial charge in [0.2, 0.25) is 0 Å². The van der Waals surface area contributed by atoms with E-state index in [-0.39, 0.29) is 0 Å². The second-order valence-corrected chi connectivity index (χ2v) is 3.75. The number of aliphatic imine (C=N–C) groups is 1. The first kappa shape index (κ1) is 9.19. The molecule has 0 saturated carbocycles. The predicted molar refractivity (Wildman–Crippen MR) is 54.0 cm³/mol. The van der Waals surface area contributed by atoms with Crippen molar-refractivity contribution in [3.63, 3.8) is 0 Å². The Hall–Kier alpha value is -1.38. The van der Waals surface area contributed by atoms with Crippen LogP contribution in [0.5, 0.6) is 0 Å². The lowest BCUT2D eigenvalue weighted by Gasteiger charge is -1.97. The molecule has 1 aliphatic rings. The van der Waals surface area contributed by atoms with Crippen molar-refractivity contribution >= 4 is 16.8 Å². The lowest BCUT2D eigenvalue weighted by atomic mass is 10.3. The third-order valence-electron chi connectivity index (χ3n) is 1.72. The number of nitriles is 1. The fraction of sp³-hybridized carbons (Fsp3) is 0.222. The van der Waals surface area contributed by atoms with Gasteiger partial charge in [0.05, 0.1) is 5.69 Å². The third kappa shape index (κ3) is 1.76. The maximum absolute atomic E-state index is 9.19. The molecule has 0 aliphatic carbocycles. The van der Waals surface area contributed by atoms with Gasteiger partial charge >= 0.3 is 0 Å². The summed E-state index contributed by atoms with van der Waals surface area (Å²) in [7, 11) is 0. The molecule has 1 N–H and O–H groups in total. The summed E-state index contributed by atoms with van der Waals surface area (Å²) >= 11 is 1.45. The van der Waals surface area contributed by atoms with Crippen LogP contribution < -0.4 is 0 Å². The fourth-order valence-corrected chi connectivity index (χ4v) is 1.96. The number of hydrogen-bond donors (Lipinski definition) is 1. The van der Waals surface area contributed by atoms with Crippen LogP contribution in [-0.4, -0.2) is 27.1 Å². The molecule has 2 heterocycles. The van der Waals surface area contributed by atoms with E-state index < -0.39 is 6.23 Å². The van der Waals surface area contributed by atoms with Crippen LogP contribution in [0.3, 0.4) is 0 Å². The van der Waals surface area contributed by atoms with Crippen molar-refractivity contribution in [1.29, 1.82) is 5.26 Å². The number of pyridine rings is 1. The first-order valence-electron chi connectivity index (χ1n) is 4.06. The molecule has 1 atom stereocenters. The number of aliphatic hydroxyl groups is 1. The van der Waals surface area contributed by atoms with Crippen molar-refractivity contribution in [2.45, 2.75) is 6.23 Å². The summed E-state index contributed by atoms with van der Waals surface area (Å²) in [4.78, 5) is 8.08. The van der Waals surface area contributed by atoms with Gasteiger partial charge in [0.1, 0.15) is 16.8 Å². The van der Waals surface area contributed by atoms with Gasteiger partial charge in [-0.3, -0.25) is 0 Å². The minimum atomic E-state index is -0.637. The van der Waals surface area contributed by atoms with Crippen molar-refractivity contribution in [2.75, 3.05) is 5.75 Å². The topological polar surface area (TPSA) is 69.3 Å². The number of aromatic nitrogens is 1. The summed E-state index contributed by atoms with van der Waals surface area (Å²) in [6.45, 7) is 0. The van der Waals surface area contributed by atoms with Crippen LogP contribution in [0.15, 0.2) is 23.2 Å². The van der Waals surface area contributed by atoms with Crippen molar-refractivity contribution < 1.29 is 5.11 Å². The molecule has 0 aromatic carbocycles. The summed E-state index contributed by atoms with van der Waals surface area (Å²) in [5.74, 6) is 0.563. The molecule has 70 valence electrons. The Kier molecular flexibility index (Phi) is 2.48. The van der Waals surface area contributed by atoms with E-state index in [2.05, 4.69) is 9.98 Å². The average molecular weight is 205 g/mol. The van der Waals surface area contributed by atoms with E-state index in [4.69, 9.17) is 5.26 Å². The molecule has 1 aliphatic heterocycles. The van der Waals surface area contributed by atoms with E-state index in [1.165, 1.54) is 11.8 Å². The molecule has 0 bridgehead atoms. The first-order valence-corrected chi connectivity index (χ1v) is 5.04. The van der Waals surface area contributed by atoms with Gasteiger partial charge in [-0.25, -0.2) is 9.98 Å². The Labute approximate surface area is 85.3 Å². The Bertz CT molecular complexity index is 424. The van der Waals surface area contributed by atoms with Crippen molar-refractivity contribution in [2.24, 2.45) is 4.99 Å². The van der Waals surface area contributed by atoms with Crippen LogP contribution in [-0.2, 0) is 0 Å². The zero-order valence-electron chi connectivity index (χ0n) is 7.21. The normalized spacial score (nSPS) is 20.3. The molecule has 2 rings (SSSR count). The molecular formula is C9H7N3OS. The molecule has 14 heavy (non-hydrogen) atoms. The van der Waals surface area contributed by atoms with E-state index in [0.29, 0.717) is 22.2 Å². The Balaban J connectivity index is 2.34. The van der Waals surface area contributed by atoms with Crippen LogP contribution in [0.2, 0.25) is 0 Å². The maximum Gasteiger partial charge on any atom is 0.155 e. The maximum atomic E-state index is 9.19. The molecule has 0 fully saturated rings. The smallest absolute Gasteiger partial charge is 0.155 e. The monoisotopic (exact) mass is 205 g/mol. The second kappa shape index (κ2) is 3.78. The molecule has 1 unspecified atom stereocenters. The van der Waals surface area contributed by atoms with Crippen LogP contribution in [0, 0.1) is 11.3 Å². The van der Waals surface area contributed by atoms with Crippen LogP contribution in [0.25, 0.3) is 0 Å². The van der Waals surface area contributed by atoms with Crippen LogP contribution in [0.1, 0.15) is 11.4 Å². The minimum absolute atomic E-state index is 0.368. The lowest BCUT2D eigenvalue weighted by molar-refractivity contribution is 0.213. The highest BCUT2D eigenvalue weighted by Crippen LogP contribution is 2.20. The first-order chi connectivity index (χ1) is 6.79. The van der Waals surface area contributed by atoms with Gasteiger partial charge in [-0.2, -0.15) is 5.26 Å². The van der Waals surface area contributed by atoms with E-state index in [1.807, 2.05) is 6.07 Å². The molecule has 1 aromatic heterocycles. The van der Waals surface area contributed by atoms with E-state index in [1.54, 1.807) is 18.2 Å². The van der Waals surface area contributed by atoms with E-state index >= 15 is 0 Å². The average Bonchev–Trinajstić information content (AvgIpc) is 2.65.